The van der Waals surface area contributed by atoms with Crippen molar-refractivity contribution in [1.82, 2.24) is 10.6 Å². The quantitative estimate of drug-likeness (QED) is 0.716. The van der Waals surface area contributed by atoms with E-state index in [9.17, 15) is 14.7 Å². The summed E-state index contributed by atoms with van der Waals surface area (Å²) < 4.78 is 0. The summed E-state index contributed by atoms with van der Waals surface area (Å²) in [7, 11) is 0. The minimum Gasteiger partial charge on any atom is -0.391 e. The van der Waals surface area contributed by atoms with Gasteiger partial charge in [-0.15, -0.1) is 0 Å². The second kappa shape index (κ2) is 6.34. The number of hydrogen-bond donors (Lipinski definition) is 3. The maximum Gasteiger partial charge on any atom is 0.245 e. The summed E-state index contributed by atoms with van der Waals surface area (Å²) in [5.74, 6) is -0.344. The van der Waals surface area contributed by atoms with Crippen molar-refractivity contribution in [1.29, 1.82) is 0 Å². The molecule has 3 atom stereocenters. The van der Waals surface area contributed by atoms with Crippen molar-refractivity contribution in [2.45, 2.75) is 77.5 Å². The molecule has 0 heterocycles. The second-order valence-electron chi connectivity index (χ2n) is 7.30. The monoisotopic (exact) mass is 296 g/mol. The Labute approximate surface area is 126 Å². The van der Waals surface area contributed by atoms with E-state index in [0.29, 0.717) is 0 Å². The zero-order valence-electron chi connectivity index (χ0n) is 13.3. The standard InChI is InChI=1S/C16H28N2O3/c1-10(19)13(18-14(20)11-7-8-11)15(21)17-12-6-4-5-9-16(12,2)3/h10-13,19H,4-9H2,1-3H3,(H,17,21)(H,18,20). The van der Waals surface area contributed by atoms with Crippen LogP contribution in [0.15, 0.2) is 0 Å². The highest BCUT2D eigenvalue weighted by atomic mass is 16.3. The van der Waals surface area contributed by atoms with Gasteiger partial charge in [0.1, 0.15) is 6.04 Å². The minimum absolute atomic E-state index is 0.0326. The number of carbonyl (C=O) groups excluding carboxylic acids is 2. The van der Waals surface area contributed by atoms with Gasteiger partial charge in [-0.1, -0.05) is 26.7 Å². The molecule has 0 aromatic rings. The number of rotatable bonds is 5. The van der Waals surface area contributed by atoms with E-state index < -0.39 is 12.1 Å². The van der Waals surface area contributed by atoms with Crippen LogP contribution < -0.4 is 10.6 Å². The highest BCUT2D eigenvalue weighted by Gasteiger charge is 2.37. The van der Waals surface area contributed by atoms with Crippen molar-refractivity contribution < 1.29 is 14.7 Å². The summed E-state index contributed by atoms with van der Waals surface area (Å²) >= 11 is 0. The smallest absolute Gasteiger partial charge is 0.245 e. The van der Waals surface area contributed by atoms with Gasteiger partial charge in [-0.3, -0.25) is 9.59 Å². The van der Waals surface area contributed by atoms with Crippen molar-refractivity contribution in [3.63, 3.8) is 0 Å². The fraction of sp³-hybridized carbons (Fsp3) is 0.875. The topological polar surface area (TPSA) is 78.4 Å². The molecule has 2 rings (SSSR count). The Bertz CT molecular complexity index is 402. The molecule has 0 spiro atoms. The molecule has 2 aliphatic carbocycles. The zero-order valence-corrected chi connectivity index (χ0v) is 13.3. The minimum atomic E-state index is -0.889. The maximum absolute atomic E-state index is 12.4. The molecule has 2 amide bonds. The molecule has 2 saturated carbocycles. The van der Waals surface area contributed by atoms with E-state index in [1.54, 1.807) is 6.92 Å². The van der Waals surface area contributed by atoms with E-state index in [4.69, 9.17) is 0 Å². The largest absolute Gasteiger partial charge is 0.391 e. The lowest BCUT2D eigenvalue weighted by molar-refractivity contribution is -0.133. The summed E-state index contributed by atoms with van der Waals surface area (Å²) in [6, 6.07) is -0.742. The molecule has 0 aromatic heterocycles. The van der Waals surface area contributed by atoms with Crippen molar-refractivity contribution in [2.24, 2.45) is 11.3 Å². The molecule has 21 heavy (non-hydrogen) atoms. The third kappa shape index (κ3) is 4.19. The van der Waals surface area contributed by atoms with Crippen LogP contribution in [0.5, 0.6) is 0 Å². The van der Waals surface area contributed by atoms with Crippen molar-refractivity contribution >= 4 is 11.8 Å². The van der Waals surface area contributed by atoms with Gasteiger partial charge < -0.3 is 15.7 Å². The molecule has 0 saturated heterocycles. The van der Waals surface area contributed by atoms with Crippen LogP contribution in [0, 0.1) is 11.3 Å². The first-order chi connectivity index (χ1) is 9.81. The molecule has 5 heteroatoms. The van der Waals surface area contributed by atoms with Crippen molar-refractivity contribution in [3.8, 4) is 0 Å². The van der Waals surface area contributed by atoms with E-state index in [2.05, 4.69) is 24.5 Å². The molecule has 0 bridgehead atoms. The molecule has 2 aliphatic rings. The Morgan fingerprint density at radius 3 is 2.38 bits per heavy atom. The SMILES string of the molecule is CC(O)C(NC(=O)C1CC1)C(=O)NC1CCCCC1(C)C. The lowest BCUT2D eigenvalue weighted by Crippen LogP contribution is -2.57. The molecule has 2 fully saturated rings. The molecular weight excluding hydrogens is 268 g/mol. The molecule has 5 nitrogen and oxygen atoms in total. The third-order valence-electron chi connectivity index (χ3n) is 4.83. The number of nitrogens with one attached hydrogen (secondary N) is 2. The van der Waals surface area contributed by atoms with Gasteiger partial charge in [-0.25, -0.2) is 0 Å². The number of carbonyl (C=O) groups is 2. The normalized spacial score (nSPS) is 27.5. The van der Waals surface area contributed by atoms with Gasteiger partial charge in [0.15, 0.2) is 0 Å². The first-order valence-corrected chi connectivity index (χ1v) is 8.10. The number of hydrogen-bond acceptors (Lipinski definition) is 3. The molecule has 0 aliphatic heterocycles. The van der Waals surface area contributed by atoms with E-state index in [0.717, 1.165) is 32.1 Å². The fourth-order valence-corrected chi connectivity index (χ4v) is 3.04. The third-order valence-corrected chi connectivity index (χ3v) is 4.83. The highest BCUT2D eigenvalue weighted by molar-refractivity contribution is 5.89. The van der Waals surface area contributed by atoms with Crippen LogP contribution in [0.2, 0.25) is 0 Å². The van der Waals surface area contributed by atoms with Gasteiger partial charge in [0.05, 0.1) is 6.10 Å². The Hall–Kier alpha value is -1.10. The van der Waals surface area contributed by atoms with Crippen LogP contribution in [0.4, 0.5) is 0 Å². The molecular formula is C16H28N2O3. The summed E-state index contributed by atoms with van der Waals surface area (Å²) in [5, 5.41) is 15.6. The fourth-order valence-electron chi connectivity index (χ4n) is 3.04. The maximum atomic E-state index is 12.4. The molecule has 3 N–H and O–H groups in total. The number of aliphatic hydroxyl groups is 1. The predicted molar refractivity (Wildman–Crippen MR) is 80.5 cm³/mol. The number of aliphatic hydroxyl groups excluding tert-OH is 1. The Morgan fingerprint density at radius 1 is 1.19 bits per heavy atom. The van der Waals surface area contributed by atoms with E-state index in [1.165, 1.54) is 6.42 Å². The molecule has 0 radical (unpaired) electrons. The Balaban J connectivity index is 1.95. The van der Waals surface area contributed by atoms with Crippen molar-refractivity contribution in [3.05, 3.63) is 0 Å². The first-order valence-electron chi connectivity index (χ1n) is 8.10. The average Bonchev–Trinajstić information content (AvgIpc) is 3.21. The van der Waals surface area contributed by atoms with Gasteiger partial charge >= 0.3 is 0 Å². The lowest BCUT2D eigenvalue weighted by Gasteiger charge is -2.39. The number of amides is 2. The van der Waals surface area contributed by atoms with Crippen LogP contribution in [0.25, 0.3) is 0 Å². The summed E-state index contributed by atoms with van der Waals surface area (Å²) in [5.41, 5.74) is 0.0671. The van der Waals surface area contributed by atoms with Crippen LogP contribution in [0.3, 0.4) is 0 Å². The van der Waals surface area contributed by atoms with Gasteiger partial charge in [0.25, 0.3) is 0 Å². The molecule has 0 aromatic carbocycles. The summed E-state index contributed by atoms with van der Waals surface area (Å²) in [4.78, 5) is 24.3. The van der Waals surface area contributed by atoms with Crippen LogP contribution in [0.1, 0.15) is 59.3 Å². The van der Waals surface area contributed by atoms with E-state index >= 15 is 0 Å². The predicted octanol–water partition coefficient (Wildman–Crippen LogP) is 1.35. The molecule has 120 valence electrons. The first kappa shape index (κ1) is 16.3. The summed E-state index contributed by atoms with van der Waals surface area (Å²) in [6.07, 6.45) is 5.23. The van der Waals surface area contributed by atoms with E-state index in [-0.39, 0.29) is 29.2 Å². The zero-order chi connectivity index (χ0) is 15.6. The summed E-state index contributed by atoms with van der Waals surface area (Å²) in [6.45, 7) is 5.87. The second-order valence-corrected chi connectivity index (χ2v) is 7.30. The average molecular weight is 296 g/mol. The van der Waals surface area contributed by atoms with E-state index in [1.807, 2.05) is 0 Å². The molecule has 3 unspecified atom stereocenters. The van der Waals surface area contributed by atoms with Crippen LogP contribution in [-0.2, 0) is 9.59 Å². The Kier molecular flexibility index (Phi) is 4.91. The van der Waals surface area contributed by atoms with Gasteiger partial charge in [-0.2, -0.15) is 0 Å². The van der Waals surface area contributed by atoms with Crippen molar-refractivity contribution in [2.75, 3.05) is 0 Å². The van der Waals surface area contributed by atoms with Gasteiger partial charge in [0, 0.05) is 12.0 Å². The Morgan fingerprint density at radius 2 is 1.86 bits per heavy atom. The highest BCUT2D eigenvalue weighted by Crippen LogP contribution is 2.35. The van der Waals surface area contributed by atoms with Gasteiger partial charge in [-0.05, 0) is 38.0 Å². The van der Waals surface area contributed by atoms with Crippen LogP contribution >= 0.6 is 0 Å². The lowest BCUT2D eigenvalue weighted by atomic mass is 9.73. The van der Waals surface area contributed by atoms with Gasteiger partial charge in [0.2, 0.25) is 11.8 Å². The van der Waals surface area contributed by atoms with Crippen LogP contribution in [-0.4, -0.2) is 35.1 Å².